The fourth-order valence-electron chi connectivity index (χ4n) is 2.23. The maximum atomic E-state index is 5.87. The van der Waals surface area contributed by atoms with E-state index in [2.05, 4.69) is 29.0 Å². The molecule has 0 amide bonds. The maximum absolute atomic E-state index is 5.87. The summed E-state index contributed by atoms with van der Waals surface area (Å²) in [5.41, 5.74) is 1.39. The van der Waals surface area contributed by atoms with Gasteiger partial charge < -0.3 is 9.80 Å². The molecule has 94 valence electrons. The van der Waals surface area contributed by atoms with E-state index >= 15 is 0 Å². The number of aryl methyl sites for hydroxylation is 1. The SMILES string of the molecule is CN1CCN(CCCc2ccc(Cl)cc2)CC1. The monoisotopic (exact) mass is 252 g/mol. The fourth-order valence-corrected chi connectivity index (χ4v) is 2.36. The van der Waals surface area contributed by atoms with Gasteiger partial charge in [0.2, 0.25) is 0 Å². The topological polar surface area (TPSA) is 6.48 Å². The smallest absolute Gasteiger partial charge is 0.0406 e. The van der Waals surface area contributed by atoms with Crippen molar-refractivity contribution in [2.24, 2.45) is 0 Å². The number of rotatable bonds is 4. The molecule has 0 radical (unpaired) electrons. The van der Waals surface area contributed by atoms with Crippen molar-refractivity contribution >= 4 is 11.6 Å². The van der Waals surface area contributed by atoms with Crippen LogP contribution in [0.2, 0.25) is 5.02 Å². The first kappa shape index (κ1) is 12.9. The third-order valence-electron chi connectivity index (χ3n) is 3.45. The van der Waals surface area contributed by atoms with Gasteiger partial charge in [-0.25, -0.2) is 0 Å². The van der Waals surface area contributed by atoms with Crippen molar-refractivity contribution in [3.05, 3.63) is 34.9 Å². The third kappa shape index (κ3) is 4.30. The molecular weight excluding hydrogens is 232 g/mol. The minimum absolute atomic E-state index is 0.827. The van der Waals surface area contributed by atoms with E-state index in [0.29, 0.717) is 0 Å². The lowest BCUT2D eigenvalue weighted by molar-refractivity contribution is 0.153. The van der Waals surface area contributed by atoms with Crippen molar-refractivity contribution in [3.63, 3.8) is 0 Å². The van der Waals surface area contributed by atoms with Gasteiger partial charge in [-0.1, -0.05) is 23.7 Å². The molecule has 0 N–H and O–H groups in total. The lowest BCUT2D eigenvalue weighted by atomic mass is 10.1. The number of likely N-dealkylation sites (N-methyl/N-ethyl adjacent to an activating group) is 1. The Kier molecular flexibility index (Phi) is 4.84. The van der Waals surface area contributed by atoms with E-state index in [4.69, 9.17) is 11.6 Å². The molecule has 0 bridgehead atoms. The van der Waals surface area contributed by atoms with Crippen LogP contribution < -0.4 is 0 Å². The average Bonchev–Trinajstić information content (AvgIpc) is 2.34. The summed E-state index contributed by atoms with van der Waals surface area (Å²) in [4.78, 5) is 4.96. The Morgan fingerprint density at radius 1 is 1.06 bits per heavy atom. The molecule has 0 atom stereocenters. The highest BCUT2D eigenvalue weighted by molar-refractivity contribution is 6.30. The summed E-state index contributed by atoms with van der Waals surface area (Å²) in [6, 6.07) is 8.22. The van der Waals surface area contributed by atoms with E-state index in [9.17, 15) is 0 Å². The molecule has 0 spiro atoms. The molecule has 1 fully saturated rings. The molecule has 1 aromatic carbocycles. The van der Waals surface area contributed by atoms with Gasteiger partial charge in [-0.15, -0.1) is 0 Å². The molecule has 17 heavy (non-hydrogen) atoms. The molecule has 0 unspecified atom stereocenters. The van der Waals surface area contributed by atoms with E-state index in [1.165, 1.54) is 44.7 Å². The van der Waals surface area contributed by atoms with Gasteiger partial charge in [0, 0.05) is 31.2 Å². The predicted octanol–water partition coefficient (Wildman–Crippen LogP) is 2.52. The van der Waals surface area contributed by atoms with Crippen molar-refractivity contribution in [2.45, 2.75) is 12.8 Å². The zero-order valence-corrected chi connectivity index (χ0v) is 11.3. The quantitative estimate of drug-likeness (QED) is 0.813. The van der Waals surface area contributed by atoms with E-state index in [0.717, 1.165) is 11.4 Å². The standard InChI is InChI=1S/C14H21ClN2/c1-16-9-11-17(12-10-16)8-2-3-13-4-6-14(15)7-5-13/h4-7H,2-3,8-12H2,1H3. The first-order valence-corrected chi connectivity index (χ1v) is 6.77. The summed E-state index contributed by atoms with van der Waals surface area (Å²) in [6.45, 7) is 6.08. The van der Waals surface area contributed by atoms with Crippen LogP contribution in [0, 0.1) is 0 Å². The molecule has 1 aromatic rings. The van der Waals surface area contributed by atoms with E-state index < -0.39 is 0 Å². The first-order valence-electron chi connectivity index (χ1n) is 6.39. The van der Waals surface area contributed by atoms with Gasteiger partial charge in [-0.2, -0.15) is 0 Å². The summed E-state index contributed by atoms with van der Waals surface area (Å²) in [7, 11) is 2.20. The number of benzene rings is 1. The van der Waals surface area contributed by atoms with Crippen LogP contribution in [0.25, 0.3) is 0 Å². The Labute approximate surface area is 109 Å². The lowest BCUT2D eigenvalue weighted by Gasteiger charge is -2.32. The number of halogens is 1. The predicted molar refractivity (Wildman–Crippen MR) is 73.7 cm³/mol. The first-order chi connectivity index (χ1) is 8.24. The van der Waals surface area contributed by atoms with Crippen LogP contribution in [0.4, 0.5) is 0 Å². The average molecular weight is 253 g/mol. The van der Waals surface area contributed by atoms with Crippen molar-refractivity contribution in [2.75, 3.05) is 39.8 Å². The van der Waals surface area contributed by atoms with Gasteiger partial charge in [0.1, 0.15) is 0 Å². The molecule has 1 saturated heterocycles. The second kappa shape index (κ2) is 6.39. The van der Waals surface area contributed by atoms with Crippen molar-refractivity contribution < 1.29 is 0 Å². The third-order valence-corrected chi connectivity index (χ3v) is 3.70. The Morgan fingerprint density at radius 3 is 2.35 bits per heavy atom. The van der Waals surface area contributed by atoms with Crippen molar-refractivity contribution in [1.82, 2.24) is 9.80 Å². The Bertz CT molecular complexity index is 329. The van der Waals surface area contributed by atoms with Crippen LogP contribution >= 0.6 is 11.6 Å². The number of nitrogens with zero attached hydrogens (tertiary/aromatic N) is 2. The molecule has 3 heteroatoms. The number of hydrogen-bond acceptors (Lipinski definition) is 2. The normalized spacial score (nSPS) is 18.5. The van der Waals surface area contributed by atoms with Crippen LogP contribution in [0.1, 0.15) is 12.0 Å². The summed E-state index contributed by atoms with van der Waals surface area (Å²) in [6.07, 6.45) is 2.40. The van der Waals surface area contributed by atoms with Gasteiger partial charge in [0.25, 0.3) is 0 Å². The van der Waals surface area contributed by atoms with Gasteiger partial charge in [-0.05, 0) is 44.1 Å². The lowest BCUT2D eigenvalue weighted by Crippen LogP contribution is -2.44. The van der Waals surface area contributed by atoms with Crippen LogP contribution in [0.3, 0.4) is 0 Å². The number of piperazine rings is 1. The highest BCUT2D eigenvalue weighted by atomic mass is 35.5. The highest BCUT2D eigenvalue weighted by Crippen LogP contribution is 2.11. The minimum atomic E-state index is 0.827. The molecule has 2 nitrogen and oxygen atoms in total. The van der Waals surface area contributed by atoms with Crippen molar-refractivity contribution in [1.29, 1.82) is 0 Å². The summed E-state index contributed by atoms with van der Waals surface area (Å²) in [5, 5.41) is 0.827. The Balaban J connectivity index is 1.67. The molecule has 2 rings (SSSR count). The molecule has 0 saturated carbocycles. The Hall–Kier alpha value is -0.570. The molecule has 1 heterocycles. The highest BCUT2D eigenvalue weighted by Gasteiger charge is 2.12. The van der Waals surface area contributed by atoms with Crippen LogP contribution in [-0.4, -0.2) is 49.6 Å². The molecule has 0 aliphatic carbocycles. The maximum Gasteiger partial charge on any atom is 0.0406 e. The van der Waals surface area contributed by atoms with Gasteiger partial charge in [-0.3, -0.25) is 0 Å². The van der Waals surface area contributed by atoms with E-state index in [-0.39, 0.29) is 0 Å². The zero-order valence-electron chi connectivity index (χ0n) is 10.5. The summed E-state index contributed by atoms with van der Waals surface area (Å²) in [5.74, 6) is 0. The number of hydrogen-bond donors (Lipinski definition) is 0. The van der Waals surface area contributed by atoms with Gasteiger partial charge in [0.05, 0.1) is 0 Å². The molecule has 0 aromatic heterocycles. The largest absolute Gasteiger partial charge is 0.304 e. The summed E-state index contributed by atoms with van der Waals surface area (Å²) >= 11 is 5.87. The van der Waals surface area contributed by atoms with Crippen LogP contribution in [0.15, 0.2) is 24.3 Å². The summed E-state index contributed by atoms with van der Waals surface area (Å²) < 4.78 is 0. The minimum Gasteiger partial charge on any atom is -0.304 e. The fraction of sp³-hybridized carbons (Fsp3) is 0.571. The second-order valence-corrected chi connectivity index (χ2v) is 5.31. The Morgan fingerprint density at radius 2 is 1.71 bits per heavy atom. The zero-order chi connectivity index (χ0) is 12.1. The molecule has 1 aliphatic heterocycles. The van der Waals surface area contributed by atoms with Crippen LogP contribution in [0.5, 0.6) is 0 Å². The van der Waals surface area contributed by atoms with Gasteiger partial charge in [0.15, 0.2) is 0 Å². The van der Waals surface area contributed by atoms with E-state index in [1.54, 1.807) is 0 Å². The second-order valence-electron chi connectivity index (χ2n) is 4.87. The van der Waals surface area contributed by atoms with Gasteiger partial charge >= 0.3 is 0 Å². The van der Waals surface area contributed by atoms with Crippen LogP contribution in [-0.2, 0) is 6.42 Å². The molecular formula is C14H21ClN2. The van der Waals surface area contributed by atoms with E-state index in [1.807, 2.05) is 12.1 Å². The van der Waals surface area contributed by atoms with Crippen molar-refractivity contribution in [3.8, 4) is 0 Å². The molecule has 1 aliphatic rings.